The van der Waals surface area contributed by atoms with Crippen molar-refractivity contribution in [2.24, 2.45) is 5.92 Å². The lowest BCUT2D eigenvalue weighted by atomic mass is 10.1. The summed E-state index contributed by atoms with van der Waals surface area (Å²) in [4.78, 5) is 4.00. The molecule has 0 saturated carbocycles. The van der Waals surface area contributed by atoms with Crippen molar-refractivity contribution in [1.29, 1.82) is 0 Å². The van der Waals surface area contributed by atoms with Crippen LogP contribution in [0.2, 0.25) is 0 Å². The molecule has 1 aromatic rings. The third-order valence-corrected chi connectivity index (χ3v) is 3.93. The minimum absolute atomic E-state index is 0.0187. The van der Waals surface area contributed by atoms with Gasteiger partial charge < -0.3 is 5.11 Å². The molecule has 1 rings (SSSR count). The lowest BCUT2D eigenvalue weighted by molar-refractivity contribution is 0.305. The minimum atomic E-state index is -3.54. The van der Waals surface area contributed by atoms with E-state index in [4.69, 9.17) is 5.11 Å². The molecule has 110 valence electrons. The van der Waals surface area contributed by atoms with E-state index in [2.05, 4.69) is 21.5 Å². The lowest BCUT2D eigenvalue weighted by Gasteiger charge is -2.08. The fourth-order valence-electron chi connectivity index (χ4n) is 1.42. The van der Waals surface area contributed by atoms with Crippen molar-refractivity contribution in [3.8, 4) is 11.8 Å². The van der Waals surface area contributed by atoms with Crippen LogP contribution in [-0.4, -0.2) is 31.7 Å². The van der Waals surface area contributed by atoms with Crippen LogP contribution < -0.4 is 4.72 Å². The average molecular weight is 296 g/mol. The summed E-state index contributed by atoms with van der Waals surface area (Å²) >= 11 is 0. The maximum absolute atomic E-state index is 12.1. The molecule has 20 heavy (non-hydrogen) atoms. The zero-order valence-corrected chi connectivity index (χ0v) is 12.6. The molecule has 0 radical (unpaired) electrons. The summed E-state index contributed by atoms with van der Waals surface area (Å²) in [6.07, 6.45) is 3.93. The van der Waals surface area contributed by atoms with Gasteiger partial charge in [-0.1, -0.05) is 25.7 Å². The van der Waals surface area contributed by atoms with E-state index < -0.39 is 10.0 Å². The Morgan fingerprint density at radius 3 is 2.80 bits per heavy atom. The first-order valence-electron chi connectivity index (χ1n) is 6.50. The van der Waals surface area contributed by atoms with Crippen LogP contribution >= 0.6 is 0 Å². The van der Waals surface area contributed by atoms with Gasteiger partial charge in [-0.25, -0.2) is 13.1 Å². The highest BCUT2D eigenvalue weighted by Crippen LogP contribution is 2.09. The molecule has 1 heterocycles. The SMILES string of the molecule is CC(C)CCNS(=O)(=O)c1cncc(C#CCCO)c1. The van der Waals surface area contributed by atoms with E-state index in [0.717, 1.165) is 6.42 Å². The zero-order valence-electron chi connectivity index (χ0n) is 11.8. The molecule has 2 N–H and O–H groups in total. The van der Waals surface area contributed by atoms with Gasteiger partial charge in [-0.3, -0.25) is 4.98 Å². The van der Waals surface area contributed by atoms with Gasteiger partial charge in [0.15, 0.2) is 0 Å². The second-order valence-electron chi connectivity index (χ2n) is 4.76. The molecule has 0 aliphatic carbocycles. The number of hydrogen-bond acceptors (Lipinski definition) is 4. The van der Waals surface area contributed by atoms with Crippen molar-refractivity contribution in [2.75, 3.05) is 13.2 Å². The van der Waals surface area contributed by atoms with Crippen molar-refractivity contribution >= 4 is 10.0 Å². The number of aliphatic hydroxyl groups is 1. The number of rotatable bonds is 6. The summed E-state index contributed by atoms with van der Waals surface area (Å²) in [5.41, 5.74) is 0.519. The predicted molar refractivity (Wildman–Crippen MR) is 77.5 cm³/mol. The van der Waals surface area contributed by atoms with Crippen molar-refractivity contribution in [3.63, 3.8) is 0 Å². The number of hydrogen-bond donors (Lipinski definition) is 2. The molecule has 0 aromatic carbocycles. The summed E-state index contributed by atoms with van der Waals surface area (Å²) in [6.45, 7) is 4.45. The van der Waals surface area contributed by atoms with Crippen LogP contribution in [-0.2, 0) is 10.0 Å². The van der Waals surface area contributed by atoms with Gasteiger partial charge in [-0.05, 0) is 18.4 Å². The molecule has 0 unspecified atom stereocenters. The molecular formula is C14H20N2O3S. The molecule has 0 aliphatic rings. The lowest BCUT2D eigenvalue weighted by Crippen LogP contribution is -2.25. The number of aliphatic hydroxyl groups excluding tert-OH is 1. The Morgan fingerprint density at radius 2 is 2.15 bits per heavy atom. The van der Waals surface area contributed by atoms with Crippen LogP contribution in [0.3, 0.4) is 0 Å². The third-order valence-electron chi connectivity index (χ3n) is 2.51. The van der Waals surface area contributed by atoms with Crippen LogP contribution in [0.15, 0.2) is 23.4 Å². The number of aromatic nitrogens is 1. The first-order valence-corrected chi connectivity index (χ1v) is 7.98. The Hall–Kier alpha value is -1.42. The Balaban J connectivity index is 2.80. The largest absolute Gasteiger partial charge is 0.395 e. The Bertz CT molecular complexity index is 586. The van der Waals surface area contributed by atoms with Gasteiger partial charge in [-0.15, -0.1) is 0 Å². The third kappa shape index (κ3) is 5.70. The molecule has 5 nitrogen and oxygen atoms in total. The number of pyridine rings is 1. The molecule has 6 heteroatoms. The molecule has 0 saturated heterocycles. The normalized spacial score (nSPS) is 11.2. The summed E-state index contributed by atoms with van der Waals surface area (Å²) in [7, 11) is -3.54. The van der Waals surface area contributed by atoms with E-state index >= 15 is 0 Å². The topological polar surface area (TPSA) is 79.3 Å². The standard InChI is InChI=1S/C14H20N2O3S/c1-12(2)6-7-16-20(18,19)14-9-13(10-15-11-14)5-3-4-8-17/h9-12,16-17H,4,6-8H2,1-2H3. The Kier molecular flexibility index (Phi) is 6.65. The second kappa shape index (κ2) is 8.00. The minimum Gasteiger partial charge on any atom is -0.395 e. The van der Waals surface area contributed by atoms with E-state index in [-0.39, 0.29) is 11.5 Å². The summed E-state index contributed by atoms with van der Waals surface area (Å²) in [6, 6.07) is 1.48. The van der Waals surface area contributed by atoms with Gasteiger partial charge in [-0.2, -0.15) is 0 Å². The van der Waals surface area contributed by atoms with Crippen LogP contribution in [0.4, 0.5) is 0 Å². The van der Waals surface area contributed by atoms with Gasteiger partial charge in [0.1, 0.15) is 4.90 Å². The number of nitrogens with one attached hydrogen (secondary N) is 1. The number of sulfonamides is 1. The molecule has 0 bridgehead atoms. The van der Waals surface area contributed by atoms with E-state index in [1.807, 2.05) is 13.8 Å². The summed E-state index contributed by atoms with van der Waals surface area (Å²) in [5, 5.41) is 8.65. The predicted octanol–water partition coefficient (Wildman–Crippen LogP) is 1.14. The molecule has 0 spiro atoms. The highest BCUT2D eigenvalue weighted by molar-refractivity contribution is 7.89. The highest BCUT2D eigenvalue weighted by atomic mass is 32.2. The van der Waals surface area contributed by atoms with Crippen molar-refractivity contribution < 1.29 is 13.5 Å². The van der Waals surface area contributed by atoms with Crippen LogP contribution in [0, 0.1) is 17.8 Å². The van der Waals surface area contributed by atoms with Crippen molar-refractivity contribution in [3.05, 3.63) is 24.0 Å². The van der Waals surface area contributed by atoms with E-state index in [1.54, 1.807) is 0 Å². The summed E-state index contributed by atoms with van der Waals surface area (Å²) in [5.74, 6) is 5.94. The van der Waals surface area contributed by atoms with Crippen LogP contribution in [0.5, 0.6) is 0 Å². The molecule has 0 aliphatic heterocycles. The first kappa shape index (κ1) is 16.6. The van der Waals surface area contributed by atoms with E-state index in [9.17, 15) is 8.42 Å². The van der Waals surface area contributed by atoms with Gasteiger partial charge in [0.25, 0.3) is 0 Å². The van der Waals surface area contributed by atoms with Gasteiger partial charge >= 0.3 is 0 Å². The second-order valence-corrected chi connectivity index (χ2v) is 6.53. The Labute approximate surface area is 120 Å². The van der Waals surface area contributed by atoms with Gasteiger partial charge in [0.2, 0.25) is 10.0 Å². The number of nitrogens with zero attached hydrogens (tertiary/aromatic N) is 1. The molecule has 0 atom stereocenters. The molecule has 0 fully saturated rings. The molecular weight excluding hydrogens is 276 g/mol. The van der Waals surface area contributed by atoms with Crippen molar-refractivity contribution in [1.82, 2.24) is 9.71 Å². The average Bonchev–Trinajstić information content (AvgIpc) is 2.39. The van der Waals surface area contributed by atoms with Gasteiger partial charge in [0, 0.05) is 30.9 Å². The van der Waals surface area contributed by atoms with E-state index in [0.29, 0.717) is 24.4 Å². The monoisotopic (exact) mass is 296 g/mol. The summed E-state index contributed by atoms with van der Waals surface area (Å²) < 4.78 is 26.7. The quantitative estimate of drug-likeness (QED) is 0.772. The van der Waals surface area contributed by atoms with Crippen LogP contribution in [0.25, 0.3) is 0 Å². The van der Waals surface area contributed by atoms with Crippen molar-refractivity contribution in [2.45, 2.75) is 31.6 Å². The Morgan fingerprint density at radius 1 is 1.40 bits per heavy atom. The van der Waals surface area contributed by atoms with Gasteiger partial charge in [0.05, 0.1) is 6.61 Å². The fourth-order valence-corrected chi connectivity index (χ4v) is 2.45. The highest BCUT2D eigenvalue weighted by Gasteiger charge is 2.14. The molecule has 1 aromatic heterocycles. The van der Waals surface area contributed by atoms with E-state index in [1.165, 1.54) is 18.5 Å². The fraction of sp³-hybridized carbons (Fsp3) is 0.500. The molecule has 0 amide bonds. The maximum Gasteiger partial charge on any atom is 0.242 e. The van der Waals surface area contributed by atoms with Crippen LogP contribution in [0.1, 0.15) is 32.3 Å². The first-order chi connectivity index (χ1) is 9.45. The zero-order chi connectivity index (χ0) is 15.0. The maximum atomic E-state index is 12.1. The smallest absolute Gasteiger partial charge is 0.242 e.